The van der Waals surface area contributed by atoms with E-state index >= 15 is 0 Å². The highest BCUT2D eigenvalue weighted by Gasteiger charge is 2.31. The topological polar surface area (TPSA) is 79.0 Å². The van der Waals surface area contributed by atoms with Gasteiger partial charge in [0.05, 0.1) is 30.7 Å². The van der Waals surface area contributed by atoms with Gasteiger partial charge in [0.25, 0.3) is 0 Å². The number of alkyl halides is 3. The molecule has 33 heavy (non-hydrogen) atoms. The molecule has 11 heteroatoms. The smallest absolute Gasteiger partial charge is 0.378 e. The lowest BCUT2D eigenvalue weighted by Gasteiger charge is -2.28. The number of nitrogens with one attached hydrogen (secondary N) is 1. The summed E-state index contributed by atoms with van der Waals surface area (Å²) in [6, 6.07) is 11.5. The van der Waals surface area contributed by atoms with E-state index in [1.165, 1.54) is 6.07 Å². The number of rotatable bonds is 8. The first-order chi connectivity index (χ1) is 15.5. The highest BCUT2D eigenvalue weighted by atomic mass is 32.2. The van der Waals surface area contributed by atoms with Gasteiger partial charge < -0.3 is 15.0 Å². The van der Waals surface area contributed by atoms with Crippen LogP contribution in [0.1, 0.15) is 18.4 Å². The highest BCUT2D eigenvalue weighted by Crippen LogP contribution is 2.32. The molecule has 0 bridgehead atoms. The molecule has 1 fully saturated rings. The molecule has 1 saturated heterocycles. The normalized spacial score (nSPS) is 14.7. The Labute approximate surface area is 191 Å². The molecule has 2 aromatic rings. The maximum atomic E-state index is 13.0. The van der Waals surface area contributed by atoms with Crippen LogP contribution in [0.2, 0.25) is 0 Å². The fraction of sp³-hybridized carbons (Fsp3) is 0.409. The summed E-state index contributed by atoms with van der Waals surface area (Å²) in [4.78, 5) is 14.5. The third-order valence-electron chi connectivity index (χ3n) is 5.15. The number of amides is 1. The Morgan fingerprint density at radius 3 is 2.39 bits per heavy atom. The molecule has 7 nitrogen and oxygen atoms in total. The van der Waals surface area contributed by atoms with Crippen molar-refractivity contribution in [1.82, 2.24) is 0 Å². The summed E-state index contributed by atoms with van der Waals surface area (Å²) in [5, 5.41) is 2.75. The zero-order valence-corrected chi connectivity index (χ0v) is 19.0. The van der Waals surface area contributed by atoms with Crippen molar-refractivity contribution in [3.8, 4) is 0 Å². The predicted octanol–water partition coefficient (Wildman–Crippen LogP) is 3.73. The summed E-state index contributed by atoms with van der Waals surface area (Å²) < 4.78 is 69.5. The first kappa shape index (κ1) is 24.8. The van der Waals surface area contributed by atoms with E-state index in [2.05, 4.69) is 10.2 Å². The van der Waals surface area contributed by atoms with Gasteiger partial charge >= 0.3 is 6.18 Å². The summed E-state index contributed by atoms with van der Waals surface area (Å²) in [5.41, 5.74) is 0.606. The summed E-state index contributed by atoms with van der Waals surface area (Å²) in [6.45, 7) is 2.82. The lowest BCUT2D eigenvalue weighted by Crippen LogP contribution is -2.36. The van der Waals surface area contributed by atoms with Crippen molar-refractivity contribution in [3.05, 3.63) is 54.1 Å². The number of ether oxygens (including phenoxy) is 1. The van der Waals surface area contributed by atoms with E-state index in [1.54, 1.807) is 12.1 Å². The van der Waals surface area contributed by atoms with Crippen LogP contribution in [-0.4, -0.2) is 53.4 Å². The van der Waals surface area contributed by atoms with Crippen molar-refractivity contribution in [2.45, 2.75) is 19.0 Å². The van der Waals surface area contributed by atoms with E-state index in [0.29, 0.717) is 18.9 Å². The second kappa shape index (κ2) is 10.4. The number of anilines is 3. The number of hydrogen-bond acceptors (Lipinski definition) is 5. The minimum Gasteiger partial charge on any atom is -0.378 e. The van der Waals surface area contributed by atoms with Crippen LogP contribution in [0.5, 0.6) is 0 Å². The van der Waals surface area contributed by atoms with E-state index in [1.807, 2.05) is 12.1 Å². The molecule has 0 spiro atoms. The molecule has 1 N–H and O–H groups in total. The van der Waals surface area contributed by atoms with E-state index < -0.39 is 21.8 Å². The number of carbonyl (C=O) groups excluding carboxylic acids is 1. The zero-order chi connectivity index (χ0) is 24.1. The molecule has 1 aliphatic rings. The number of carbonyl (C=O) groups is 1. The van der Waals surface area contributed by atoms with Gasteiger partial charge in [-0.1, -0.05) is 6.07 Å². The third kappa shape index (κ3) is 7.10. The largest absolute Gasteiger partial charge is 0.416 e. The Morgan fingerprint density at radius 2 is 1.79 bits per heavy atom. The fourth-order valence-corrected chi connectivity index (χ4v) is 4.46. The molecule has 2 aromatic carbocycles. The van der Waals surface area contributed by atoms with Gasteiger partial charge in [0, 0.05) is 37.4 Å². The molecule has 1 amide bonds. The van der Waals surface area contributed by atoms with Crippen molar-refractivity contribution in [2.24, 2.45) is 0 Å². The van der Waals surface area contributed by atoms with Crippen LogP contribution in [0.4, 0.5) is 30.2 Å². The van der Waals surface area contributed by atoms with Gasteiger partial charge in [-0.25, -0.2) is 8.42 Å². The number of halogens is 3. The first-order valence-corrected chi connectivity index (χ1v) is 12.3. The van der Waals surface area contributed by atoms with Gasteiger partial charge in [-0.3, -0.25) is 9.10 Å². The van der Waals surface area contributed by atoms with Gasteiger partial charge in [0.2, 0.25) is 15.9 Å². The Morgan fingerprint density at radius 1 is 1.12 bits per heavy atom. The Bertz CT molecular complexity index is 1050. The Kier molecular flexibility index (Phi) is 7.85. The molecule has 1 heterocycles. The fourth-order valence-electron chi connectivity index (χ4n) is 3.51. The Balaban J connectivity index is 1.56. The lowest BCUT2D eigenvalue weighted by molar-refractivity contribution is -0.137. The minimum absolute atomic E-state index is 0.0101. The van der Waals surface area contributed by atoms with Crippen LogP contribution in [-0.2, 0) is 25.7 Å². The third-order valence-corrected chi connectivity index (χ3v) is 6.35. The van der Waals surface area contributed by atoms with Gasteiger partial charge in [0.1, 0.15) is 0 Å². The summed E-state index contributed by atoms with van der Waals surface area (Å²) in [5.74, 6) is -0.313. The lowest BCUT2D eigenvalue weighted by atomic mass is 10.2. The summed E-state index contributed by atoms with van der Waals surface area (Å²) in [7, 11) is -3.83. The number of nitrogens with zero attached hydrogens (tertiary/aromatic N) is 2. The van der Waals surface area contributed by atoms with Crippen LogP contribution in [0.15, 0.2) is 48.5 Å². The molecule has 0 aromatic heterocycles. The summed E-state index contributed by atoms with van der Waals surface area (Å²) >= 11 is 0. The van der Waals surface area contributed by atoms with E-state index in [4.69, 9.17) is 4.74 Å². The zero-order valence-electron chi connectivity index (χ0n) is 18.1. The van der Waals surface area contributed by atoms with Crippen LogP contribution >= 0.6 is 0 Å². The van der Waals surface area contributed by atoms with E-state index in [9.17, 15) is 26.4 Å². The second-order valence-electron chi connectivity index (χ2n) is 7.68. The molecule has 0 atom stereocenters. The van der Waals surface area contributed by atoms with Crippen molar-refractivity contribution < 1.29 is 31.1 Å². The number of benzene rings is 2. The first-order valence-electron chi connectivity index (χ1n) is 10.4. The average Bonchev–Trinajstić information content (AvgIpc) is 2.76. The summed E-state index contributed by atoms with van der Waals surface area (Å²) in [6.07, 6.45) is -3.52. The molecule has 1 aliphatic heterocycles. The van der Waals surface area contributed by atoms with E-state index in [0.717, 1.165) is 47.5 Å². The second-order valence-corrected chi connectivity index (χ2v) is 9.59. The molecule has 180 valence electrons. The van der Waals surface area contributed by atoms with Gasteiger partial charge in [0.15, 0.2) is 0 Å². The Hall–Kier alpha value is -2.79. The molecule has 0 unspecified atom stereocenters. The number of hydrogen-bond donors (Lipinski definition) is 1. The quantitative estimate of drug-likeness (QED) is 0.617. The van der Waals surface area contributed by atoms with Crippen molar-refractivity contribution in [2.75, 3.05) is 53.6 Å². The van der Waals surface area contributed by atoms with Crippen molar-refractivity contribution in [3.63, 3.8) is 0 Å². The predicted molar refractivity (Wildman–Crippen MR) is 121 cm³/mol. The van der Waals surface area contributed by atoms with Crippen LogP contribution in [0, 0.1) is 0 Å². The maximum Gasteiger partial charge on any atom is 0.416 e. The van der Waals surface area contributed by atoms with Gasteiger partial charge in [-0.15, -0.1) is 0 Å². The van der Waals surface area contributed by atoms with Crippen molar-refractivity contribution in [1.29, 1.82) is 0 Å². The van der Waals surface area contributed by atoms with Crippen molar-refractivity contribution >= 4 is 33.0 Å². The SMILES string of the molecule is CS(=O)(=O)N(CCCC(=O)Nc1ccc(N2CCOCC2)cc1)c1cccc(C(F)(F)F)c1. The van der Waals surface area contributed by atoms with Crippen LogP contribution < -0.4 is 14.5 Å². The molecular weight excluding hydrogens is 459 g/mol. The molecule has 0 aliphatic carbocycles. The van der Waals surface area contributed by atoms with Crippen LogP contribution in [0.25, 0.3) is 0 Å². The highest BCUT2D eigenvalue weighted by molar-refractivity contribution is 7.92. The monoisotopic (exact) mass is 485 g/mol. The standard InChI is InChI=1S/C22H26F3N3O4S/c1-33(30,31)28(20-5-2-4-17(16-20)22(23,24)25)11-3-6-21(29)26-18-7-9-19(10-8-18)27-12-14-32-15-13-27/h2,4-5,7-10,16H,3,6,11-15H2,1H3,(H,26,29). The molecular formula is C22H26F3N3O4S. The minimum atomic E-state index is -4.59. The van der Waals surface area contributed by atoms with E-state index in [-0.39, 0.29) is 31.0 Å². The number of sulfonamides is 1. The maximum absolute atomic E-state index is 13.0. The van der Waals surface area contributed by atoms with Crippen LogP contribution in [0.3, 0.4) is 0 Å². The molecule has 3 rings (SSSR count). The number of morpholine rings is 1. The molecule has 0 radical (unpaired) electrons. The average molecular weight is 486 g/mol. The van der Waals surface area contributed by atoms with Gasteiger partial charge in [-0.05, 0) is 48.9 Å². The van der Waals surface area contributed by atoms with Gasteiger partial charge in [-0.2, -0.15) is 13.2 Å². The molecule has 0 saturated carbocycles.